The molecule has 0 atom stereocenters. The maximum atomic E-state index is 11.6. The molecule has 0 aliphatic carbocycles. The molecule has 16 heavy (non-hydrogen) atoms. The van der Waals surface area contributed by atoms with Crippen LogP contribution in [0.25, 0.3) is 0 Å². The molecule has 4 heteroatoms. The number of rotatable bonds is 3. The van der Waals surface area contributed by atoms with Gasteiger partial charge in [-0.1, -0.05) is 12.1 Å². The van der Waals surface area contributed by atoms with Gasteiger partial charge in [0, 0.05) is 25.1 Å². The first-order valence-corrected chi connectivity index (χ1v) is 5.34. The summed E-state index contributed by atoms with van der Waals surface area (Å²) >= 11 is 0. The molecule has 2 rings (SSSR count). The number of hydrogen-bond acceptors (Lipinski definition) is 3. The second-order valence-electron chi connectivity index (χ2n) is 3.93. The van der Waals surface area contributed by atoms with E-state index in [-0.39, 0.29) is 11.8 Å². The van der Waals surface area contributed by atoms with E-state index in [2.05, 4.69) is 0 Å². The first-order valence-electron chi connectivity index (χ1n) is 5.34. The molecule has 0 radical (unpaired) electrons. The Morgan fingerprint density at radius 1 is 1.31 bits per heavy atom. The first kappa shape index (κ1) is 10.7. The van der Waals surface area contributed by atoms with E-state index in [0.29, 0.717) is 31.5 Å². The van der Waals surface area contributed by atoms with Crippen molar-refractivity contribution >= 4 is 17.5 Å². The quantitative estimate of drug-likeness (QED) is 0.607. The van der Waals surface area contributed by atoms with Crippen LogP contribution in [0, 0.1) is 0 Å². The molecule has 1 heterocycles. The zero-order valence-electron chi connectivity index (χ0n) is 8.98. The summed E-state index contributed by atoms with van der Waals surface area (Å²) in [5.74, 6) is -0.129. The normalized spacial score (nSPS) is 14.8. The van der Waals surface area contributed by atoms with Crippen LogP contribution in [0.1, 0.15) is 18.4 Å². The number of benzene rings is 1. The van der Waals surface area contributed by atoms with Gasteiger partial charge in [-0.25, -0.2) is 0 Å². The minimum Gasteiger partial charge on any atom is -0.399 e. The number of nitrogens with two attached hydrogens (primary N) is 1. The number of aryl methyl sites for hydroxylation is 1. The summed E-state index contributed by atoms with van der Waals surface area (Å²) < 4.78 is 0. The number of imide groups is 1. The highest BCUT2D eigenvalue weighted by Gasteiger charge is 2.29. The van der Waals surface area contributed by atoms with Crippen LogP contribution in [0.4, 0.5) is 5.69 Å². The van der Waals surface area contributed by atoms with Gasteiger partial charge in [-0.2, -0.15) is 0 Å². The van der Waals surface area contributed by atoms with Crippen molar-refractivity contribution < 1.29 is 9.59 Å². The smallest absolute Gasteiger partial charge is 0.230 e. The third-order valence-corrected chi connectivity index (χ3v) is 2.76. The van der Waals surface area contributed by atoms with Crippen molar-refractivity contribution in [3.05, 3.63) is 29.8 Å². The van der Waals surface area contributed by atoms with E-state index < -0.39 is 0 Å². The van der Waals surface area contributed by atoms with Crippen LogP contribution in [0.3, 0.4) is 0 Å². The van der Waals surface area contributed by atoms with Crippen LogP contribution in [0.15, 0.2) is 24.3 Å². The van der Waals surface area contributed by atoms with Crippen molar-refractivity contribution in [2.75, 3.05) is 12.3 Å². The summed E-state index contributed by atoms with van der Waals surface area (Å²) in [5.41, 5.74) is 7.34. The molecule has 0 aromatic heterocycles. The lowest BCUT2D eigenvalue weighted by Crippen LogP contribution is -2.47. The third-order valence-electron chi connectivity index (χ3n) is 2.76. The van der Waals surface area contributed by atoms with Crippen LogP contribution in [0.2, 0.25) is 0 Å². The molecule has 1 aromatic carbocycles. The van der Waals surface area contributed by atoms with Crippen molar-refractivity contribution in [3.8, 4) is 0 Å². The van der Waals surface area contributed by atoms with Crippen molar-refractivity contribution in [2.45, 2.75) is 19.3 Å². The van der Waals surface area contributed by atoms with Crippen molar-refractivity contribution in [2.24, 2.45) is 0 Å². The lowest BCUT2D eigenvalue weighted by molar-refractivity contribution is -0.152. The van der Waals surface area contributed by atoms with Crippen molar-refractivity contribution in [1.82, 2.24) is 4.90 Å². The van der Waals surface area contributed by atoms with E-state index in [1.165, 1.54) is 4.90 Å². The maximum absolute atomic E-state index is 11.6. The Hall–Kier alpha value is -1.84. The predicted molar refractivity (Wildman–Crippen MR) is 60.5 cm³/mol. The van der Waals surface area contributed by atoms with E-state index in [0.717, 1.165) is 5.56 Å². The summed E-state index contributed by atoms with van der Waals surface area (Å²) in [6.45, 7) is 0.583. The van der Waals surface area contributed by atoms with E-state index in [1.54, 1.807) is 0 Å². The zero-order valence-corrected chi connectivity index (χ0v) is 8.98. The van der Waals surface area contributed by atoms with E-state index >= 15 is 0 Å². The number of amides is 2. The summed E-state index contributed by atoms with van der Waals surface area (Å²) in [6.07, 6.45) is 1.55. The SMILES string of the molecule is Nc1ccc(CCC(=O)N2CCC2=O)cc1. The fourth-order valence-corrected chi connectivity index (χ4v) is 1.65. The van der Waals surface area contributed by atoms with Gasteiger partial charge in [0.25, 0.3) is 0 Å². The number of β-lactam (4-membered cyclic amide) rings is 1. The average molecular weight is 218 g/mol. The largest absolute Gasteiger partial charge is 0.399 e. The average Bonchev–Trinajstić information content (AvgIpc) is 2.26. The minimum atomic E-state index is -0.0759. The molecular weight excluding hydrogens is 204 g/mol. The molecule has 4 nitrogen and oxygen atoms in total. The number of carbonyl (C=O) groups is 2. The van der Waals surface area contributed by atoms with Crippen LogP contribution in [-0.2, 0) is 16.0 Å². The van der Waals surface area contributed by atoms with Crippen LogP contribution >= 0.6 is 0 Å². The Bertz CT molecular complexity index is 412. The molecule has 84 valence electrons. The molecular formula is C12H14N2O2. The number of likely N-dealkylation sites (tertiary alicyclic amines) is 1. The van der Waals surface area contributed by atoms with Crippen molar-refractivity contribution in [3.63, 3.8) is 0 Å². The fourth-order valence-electron chi connectivity index (χ4n) is 1.65. The summed E-state index contributed by atoms with van der Waals surface area (Å²) in [6, 6.07) is 7.43. The standard InChI is InChI=1S/C12H14N2O2/c13-10-4-1-9(2-5-10)3-6-11(15)14-8-7-12(14)16/h1-2,4-5H,3,6-8,13H2. The molecule has 0 bridgehead atoms. The Morgan fingerprint density at radius 3 is 2.50 bits per heavy atom. The van der Waals surface area contributed by atoms with Gasteiger partial charge in [-0.05, 0) is 24.1 Å². The molecule has 0 saturated carbocycles. The number of nitrogens with zero attached hydrogens (tertiary/aromatic N) is 1. The van der Waals surface area contributed by atoms with Gasteiger partial charge < -0.3 is 5.73 Å². The van der Waals surface area contributed by atoms with Gasteiger partial charge in [0.05, 0.1) is 0 Å². The van der Waals surface area contributed by atoms with Crippen molar-refractivity contribution in [1.29, 1.82) is 0 Å². The lowest BCUT2D eigenvalue weighted by Gasteiger charge is -2.28. The first-order chi connectivity index (χ1) is 7.66. The fraction of sp³-hybridized carbons (Fsp3) is 0.333. The number of nitrogen functional groups attached to an aromatic ring is 1. The third kappa shape index (κ3) is 2.21. The van der Waals surface area contributed by atoms with Crippen LogP contribution in [0.5, 0.6) is 0 Å². The second-order valence-corrected chi connectivity index (χ2v) is 3.93. The van der Waals surface area contributed by atoms with E-state index in [4.69, 9.17) is 5.73 Å². The monoisotopic (exact) mass is 218 g/mol. The highest BCUT2D eigenvalue weighted by Crippen LogP contribution is 2.13. The molecule has 1 aliphatic rings. The topological polar surface area (TPSA) is 63.4 Å². The Morgan fingerprint density at radius 2 is 2.00 bits per heavy atom. The van der Waals surface area contributed by atoms with Crippen LogP contribution < -0.4 is 5.73 Å². The van der Waals surface area contributed by atoms with E-state index in [1.807, 2.05) is 24.3 Å². The Balaban J connectivity index is 1.85. The molecule has 0 spiro atoms. The van der Waals surface area contributed by atoms with Gasteiger partial charge in [0.1, 0.15) is 0 Å². The highest BCUT2D eigenvalue weighted by atomic mass is 16.2. The summed E-state index contributed by atoms with van der Waals surface area (Å²) in [4.78, 5) is 23.9. The maximum Gasteiger partial charge on any atom is 0.230 e. The summed E-state index contributed by atoms with van der Waals surface area (Å²) in [7, 11) is 0. The van der Waals surface area contributed by atoms with Gasteiger partial charge >= 0.3 is 0 Å². The van der Waals surface area contributed by atoms with Crippen LogP contribution in [-0.4, -0.2) is 23.3 Å². The Labute approximate surface area is 94.0 Å². The second kappa shape index (κ2) is 4.35. The number of hydrogen-bond donors (Lipinski definition) is 1. The molecule has 1 saturated heterocycles. The number of anilines is 1. The lowest BCUT2D eigenvalue weighted by atomic mass is 10.1. The molecule has 0 unspecified atom stereocenters. The van der Waals surface area contributed by atoms with E-state index in [9.17, 15) is 9.59 Å². The molecule has 2 amide bonds. The number of carbonyl (C=O) groups excluding carboxylic acids is 2. The minimum absolute atomic E-state index is 0.0534. The van der Waals surface area contributed by atoms with Gasteiger partial charge in [-0.15, -0.1) is 0 Å². The molecule has 1 aliphatic heterocycles. The zero-order chi connectivity index (χ0) is 11.5. The predicted octanol–water partition coefficient (Wildman–Crippen LogP) is 0.960. The van der Waals surface area contributed by atoms with Gasteiger partial charge in [-0.3, -0.25) is 14.5 Å². The highest BCUT2D eigenvalue weighted by molar-refractivity contribution is 5.99. The molecule has 1 aromatic rings. The summed E-state index contributed by atoms with van der Waals surface area (Å²) in [5, 5.41) is 0. The molecule has 1 fully saturated rings. The van der Waals surface area contributed by atoms with Gasteiger partial charge in [0.15, 0.2) is 0 Å². The van der Waals surface area contributed by atoms with Gasteiger partial charge in [0.2, 0.25) is 11.8 Å². The molecule has 2 N–H and O–H groups in total. The Kier molecular flexibility index (Phi) is 2.90.